The van der Waals surface area contributed by atoms with Gasteiger partial charge in [0.05, 0.1) is 4.91 Å². The molecule has 0 amide bonds. The summed E-state index contributed by atoms with van der Waals surface area (Å²) in [6.07, 6.45) is 0. The smallest absolute Gasteiger partial charge is 0.284 e. The number of carbonyl (C=O) groups is 1. The second kappa shape index (κ2) is 1.18. The summed E-state index contributed by atoms with van der Waals surface area (Å²) in [5, 5.41) is 0. The van der Waals surface area contributed by atoms with Crippen molar-refractivity contribution in [3.05, 3.63) is 4.91 Å². The molecule has 7 heavy (non-hydrogen) atoms. The van der Waals surface area contributed by atoms with Crippen LogP contribution in [0.25, 0.3) is 0 Å². The lowest BCUT2D eigenvalue weighted by molar-refractivity contribution is -0.616. The molecule has 5 heteroatoms. The Morgan fingerprint density at radius 3 is 2.71 bits per heavy atom. The molecule has 1 saturated heterocycles. The molecule has 0 aromatic heterocycles. The third-order valence-corrected chi connectivity index (χ3v) is 0.534. The summed E-state index contributed by atoms with van der Waals surface area (Å²) in [7, 11) is 0. The fourth-order valence-electron chi connectivity index (χ4n) is 0.284. The first-order chi connectivity index (χ1) is 3.29. The molecule has 0 spiro atoms. The summed E-state index contributed by atoms with van der Waals surface area (Å²) < 4.78 is 0. The van der Waals surface area contributed by atoms with Crippen LogP contribution < -0.4 is 5.59 Å². The molecule has 0 bridgehead atoms. The van der Waals surface area contributed by atoms with Gasteiger partial charge in [-0.05, 0) is 0 Å². The normalized spacial score (nSPS) is 18.9. The molecular weight excluding hydrogens is 100 g/mol. The first kappa shape index (κ1) is 4.04. The second-order valence-corrected chi connectivity index (χ2v) is 1.10. The maximum atomic E-state index is 9.93. The standard InChI is InChI=1S/C2H3N2O3/c5-2-1-4(6)3-7-2/h1H2,(H,3,6)/q+1. The van der Waals surface area contributed by atoms with Crippen LogP contribution >= 0.6 is 0 Å². The highest BCUT2D eigenvalue weighted by molar-refractivity contribution is 5.70. The number of nitrogens with one attached hydrogen (secondary N) is 1. The lowest BCUT2D eigenvalue weighted by Gasteiger charge is -1.72. The fraction of sp³-hybridized carbons (Fsp3) is 0.500. The highest BCUT2D eigenvalue weighted by Gasteiger charge is 2.26. The van der Waals surface area contributed by atoms with Crippen LogP contribution in [0.3, 0.4) is 0 Å². The summed E-state index contributed by atoms with van der Waals surface area (Å²) >= 11 is 0. The Balaban J connectivity index is 2.55. The van der Waals surface area contributed by atoms with Crippen LogP contribution in [0, 0.1) is 4.91 Å². The zero-order chi connectivity index (χ0) is 5.28. The summed E-state index contributed by atoms with van der Waals surface area (Å²) in [5.74, 6) is -0.546. The van der Waals surface area contributed by atoms with E-state index in [-0.39, 0.29) is 6.54 Å². The first-order valence-corrected chi connectivity index (χ1v) is 1.69. The van der Waals surface area contributed by atoms with Gasteiger partial charge < -0.3 is 0 Å². The van der Waals surface area contributed by atoms with E-state index >= 15 is 0 Å². The third kappa shape index (κ3) is 0.648. The molecule has 0 saturated carbocycles. The van der Waals surface area contributed by atoms with E-state index in [4.69, 9.17) is 0 Å². The predicted molar refractivity (Wildman–Crippen MR) is 17.7 cm³/mol. The van der Waals surface area contributed by atoms with E-state index in [2.05, 4.69) is 4.84 Å². The van der Waals surface area contributed by atoms with Crippen molar-refractivity contribution in [2.75, 3.05) is 6.54 Å². The van der Waals surface area contributed by atoms with Crippen LogP contribution in [0.1, 0.15) is 0 Å². The molecule has 1 fully saturated rings. The molecule has 1 N–H and O–H groups in total. The first-order valence-electron chi connectivity index (χ1n) is 1.69. The average molecular weight is 103 g/mol. The summed E-state index contributed by atoms with van der Waals surface area (Å²) in [4.78, 5) is 24.1. The predicted octanol–water partition coefficient (Wildman–Crippen LogP) is -1.26. The number of nitroso groups, excluding NO2 is 1. The number of hydrogen-bond acceptors (Lipinski definition) is 3. The largest absolute Gasteiger partial charge is 0.410 e. The van der Waals surface area contributed by atoms with Gasteiger partial charge in [0.2, 0.25) is 0 Å². The van der Waals surface area contributed by atoms with Gasteiger partial charge in [-0.3, -0.25) is 4.84 Å². The molecule has 0 aromatic rings. The molecular formula is C2H3N2O3+. The zero-order valence-corrected chi connectivity index (χ0v) is 3.38. The molecule has 0 aliphatic carbocycles. The minimum Gasteiger partial charge on any atom is -0.284 e. The van der Waals surface area contributed by atoms with Crippen molar-refractivity contribution < 1.29 is 14.5 Å². The lowest BCUT2D eigenvalue weighted by Crippen LogP contribution is -2.14. The van der Waals surface area contributed by atoms with Crippen LogP contribution in [-0.2, 0) is 9.63 Å². The number of rotatable bonds is 0. The van der Waals surface area contributed by atoms with E-state index in [0.29, 0.717) is 4.87 Å². The lowest BCUT2D eigenvalue weighted by atomic mass is 10.7. The molecule has 1 rings (SSSR count). The van der Waals surface area contributed by atoms with Crippen LogP contribution in [-0.4, -0.2) is 17.4 Å². The van der Waals surface area contributed by atoms with E-state index in [1.807, 2.05) is 0 Å². The quantitative estimate of drug-likeness (QED) is 0.389. The number of nitrogens with zero attached hydrogens (tertiary/aromatic N) is 1. The topological polar surface area (TPSA) is 58.4 Å². The van der Waals surface area contributed by atoms with Crippen molar-refractivity contribution >= 4 is 5.97 Å². The highest BCUT2D eigenvalue weighted by atomic mass is 16.7. The van der Waals surface area contributed by atoms with Gasteiger partial charge in [-0.25, -0.2) is 4.79 Å². The van der Waals surface area contributed by atoms with Crippen molar-refractivity contribution in [1.29, 1.82) is 0 Å². The van der Waals surface area contributed by atoms with Gasteiger partial charge >= 0.3 is 12.5 Å². The van der Waals surface area contributed by atoms with Gasteiger partial charge in [0.15, 0.2) is 4.87 Å². The van der Waals surface area contributed by atoms with Crippen molar-refractivity contribution in [3.63, 3.8) is 0 Å². The van der Waals surface area contributed by atoms with E-state index in [0.717, 1.165) is 0 Å². The third-order valence-electron chi connectivity index (χ3n) is 0.534. The van der Waals surface area contributed by atoms with Crippen molar-refractivity contribution in [2.24, 2.45) is 0 Å². The minimum atomic E-state index is -0.546. The summed E-state index contributed by atoms with van der Waals surface area (Å²) in [6, 6.07) is 0. The Labute approximate surface area is 38.8 Å². The SMILES string of the molecule is O=C1C[N+](=O)NO1. The fourth-order valence-corrected chi connectivity index (χ4v) is 0.284. The highest BCUT2D eigenvalue weighted by Crippen LogP contribution is 1.82. The maximum absolute atomic E-state index is 9.93. The Morgan fingerprint density at radius 2 is 2.57 bits per heavy atom. The minimum absolute atomic E-state index is 0.222. The van der Waals surface area contributed by atoms with Gasteiger partial charge in [-0.15, -0.1) is 0 Å². The molecule has 0 aromatic carbocycles. The molecule has 5 nitrogen and oxygen atoms in total. The van der Waals surface area contributed by atoms with E-state index in [9.17, 15) is 9.70 Å². The van der Waals surface area contributed by atoms with Crippen molar-refractivity contribution in [2.45, 2.75) is 0 Å². The van der Waals surface area contributed by atoms with Crippen LogP contribution in [0.5, 0.6) is 0 Å². The monoisotopic (exact) mass is 103 g/mol. The van der Waals surface area contributed by atoms with Crippen molar-refractivity contribution in [3.8, 4) is 0 Å². The summed E-state index contributed by atoms with van der Waals surface area (Å²) in [6.45, 7) is -0.222. The summed E-state index contributed by atoms with van der Waals surface area (Å²) in [5.41, 5.74) is 1.80. The van der Waals surface area contributed by atoms with Crippen LogP contribution in [0.15, 0.2) is 0 Å². The maximum Gasteiger partial charge on any atom is 0.410 e. The Kier molecular flexibility index (Phi) is 0.680. The van der Waals surface area contributed by atoms with E-state index < -0.39 is 5.97 Å². The van der Waals surface area contributed by atoms with Gasteiger partial charge in [-0.2, -0.15) is 0 Å². The molecule has 1 aliphatic heterocycles. The van der Waals surface area contributed by atoms with E-state index in [1.165, 1.54) is 0 Å². The Hall–Kier alpha value is -1.13. The molecule has 0 radical (unpaired) electrons. The molecule has 1 aliphatic rings. The number of hydrogen-bond donors (Lipinski definition) is 1. The zero-order valence-electron chi connectivity index (χ0n) is 3.38. The second-order valence-electron chi connectivity index (χ2n) is 1.10. The number of carbonyl (C=O) groups excluding carboxylic acids is 1. The molecule has 1 heterocycles. The van der Waals surface area contributed by atoms with E-state index in [1.54, 1.807) is 5.59 Å². The molecule has 38 valence electrons. The van der Waals surface area contributed by atoms with Crippen LogP contribution in [0.2, 0.25) is 0 Å². The average Bonchev–Trinajstić information content (AvgIpc) is 1.87. The van der Waals surface area contributed by atoms with Crippen molar-refractivity contribution in [1.82, 2.24) is 5.59 Å². The Bertz CT molecular complexity index is 106. The Morgan fingerprint density at radius 1 is 1.86 bits per heavy atom. The molecule has 0 unspecified atom stereocenters. The van der Waals surface area contributed by atoms with Gasteiger partial charge in [0.1, 0.15) is 0 Å². The van der Waals surface area contributed by atoms with Gasteiger partial charge in [0.25, 0.3) is 0 Å². The number of hydrazine groups is 1. The van der Waals surface area contributed by atoms with Gasteiger partial charge in [-0.1, -0.05) is 0 Å². The molecule has 0 atom stereocenters. The van der Waals surface area contributed by atoms with Crippen LogP contribution in [0.4, 0.5) is 0 Å². The van der Waals surface area contributed by atoms with Gasteiger partial charge in [0, 0.05) is 5.59 Å².